The highest BCUT2D eigenvalue weighted by Crippen LogP contribution is 2.47. The molecule has 0 spiro atoms. The van der Waals surface area contributed by atoms with Gasteiger partial charge in [0.05, 0.1) is 9.89 Å². The summed E-state index contributed by atoms with van der Waals surface area (Å²) in [5.41, 5.74) is 0.194. The van der Waals surface area contributed by atoms with E-state index in [1.807, 2.05) is 6.92 Å². The van der Waals surface area contributed by atoms with Crippen LogP contribution in [0.1, 0.15) is 19.8 Å². The fourth-order valence-electron chi connectivity index (χ4n) is 3.40. The summed E-state index contributed by atoms with van der Waals surface area (Å²) in [6.45, 7) is 1.36. The highest BCUT2D eigenvalue weighted by atomic mass is 35.5. The number of esters is 1. The number of sulfonamides is 1. The van der Waals surface area contributed by atoms with Crippen LogP contribution >= 0.6 is 23.4 Å². The monoisotopic (exact) mass is 475 g/mol. The van der Waals surface area contributed by atoms with Crippen LogP contribution in [0.15, 0.2) is 23.1 Å². The Hall–Kier alpha value is -1.82. The molecular weight excluding hydrogens is 454 g/mol. The molecule has 0 radical (unpaired) electrons. The smallest absolute Gasteiger partial charge is 0.330 e. The van der Waals surface area contributed by atoms with Crippen molar-refractivity contribution in [3.8, 4) is 0 Å². The predicted octanol–water partition coefficient (Wildman–Crippen LogP) is 1.53. The maximum Gasteiger partial charge on any atom is 0.330 e. The molecule has 3 rings (SSSR count). The average Bonchev–Trinajstić information content (AvgIpc) is 3.17. The summed E-state index contributed by atoms with van der Waals surface area (Å²) in [4.78, 5) is 37.7. The van der Waals surface area contributed by atoms with Gasteiger partial charge >= 0.3 is 5.97 Å². The van der Waals surface area contributed by atoms with E-state index in [4.69, 9.17) is 16.3 Å². The minimum atomic E-state index is -3.80. The summed E-state index contributed by atoms with van der Waals surface area (Å²) in [5, 5.41) is 2.50. The van der Waals surface area contributed by atoms with E-state index in [0.717, 1.165) is 4.31 Å². The summed E-state index contributed by atoms with van der Waals surface area (Å²) in [6, 6.07) is 3.32. The first-order valence-electron chi connectivity index (χ1n) is 9.10. The Bertz CT molecular complexity index is 1000. The van der Waals surface area contributed by atoms with Gasteiger partial charge in [0.25, 0.3) is 5.91 Å². The van der Waals surface area contributed by atoms with Gasteiger partial charge in [-0.1, -0.05) is 11.6 Å². The van der Waals surface area contributed by atoms with Crippen molar-refractivity contribution in [3.05, 3.63) is 23.2 Å². The quantitative estimate of drug-likeness (QED) is 0.620. The molecule has 12 heteroatoms. The first kappa shape index (κ1) is 22.9. The Labute approximate surface area is 184 Å². The molecule has 1 aromatic rings. The summed E-state index contributed by atoms with van der Waals surface area (Å²) in [7, 11) is -1.06. The van der Waals surface area contributed by atoms with Gasteiger partial charge in [0.1, 0.15) is 10.9 Å². The van der Waals surface area contributed by atoms with Gasteiger partial charge in [0.2, 0.25) is 15.9 Å². The first-order chi connectivity index (χ1) is 14.0. The lowest BCUT2D eigenvalue weighted by Gasteiger charge is -2.29. The molecule has 0 aliphatic carbocycles. The number of anilines is 1. The van der Waals surface area contributed by atoms with Crippen LogP contribution in [0.25, 0.3) is 0 Å². The number of amides is 2. The van der Waals surface area contributed by atoms with Crippen LogP contribution in [0.2, 0.25) is 5.02 Å². The van der Waals surface area contributed by atoms with Crippen molar-refractivity contribution in [2.45, 2.75) is 35.6 Å². The molecule has 1 N–H and O–H groups in total. The van der Waals surface area contributed by atoms with Crippen molar-refractivity contribution in [1.82, 2.24) is 9.21 Å². The van der Waals surface area contributed by atoms with Gasteiger partial charge in [-0.15, -0.1) is 11.8 Å². The number of thioether (sulfide) groups is 1. The number of ether oxygens (including phenoxy) is 1. The van der Waals surface area contributed by atoms with Crippen molar-refractivity contribution in [3.63, 3.8) is 0 Å². The van der Waals surface area contributed by atoms with Crippen LogP contribution < -0.4 is 5.32 Å². The van der Waals surface area contributed by atoms with Crippen LogP contribution in [0, 0.1) is 0 Å². The molecule has 164 valence electrons. The second-order valence-electron chi connectivity index (χ2n) is 7.35. The lowest BCUT2D eigenvalue weighted by molar-refractivity contribution is -0.155. The van der Waals surface area contributed by atoms with E-state index in [9.17, 15) is 22.8 Å². The Kier molecular flexibility index (Phi) is 6.38. The number of fused-ring (bicyclic) bond motifs is 1. The molecule has 0 saturated carbocycles. The number of hydrogen-bond donors (Lipinski definition) is 1. The molecule has 0 unspecified atom stereocenters. The Morgan fingerprint density at radius 3 is 2.77 bits per heavy atom. The average molecular weight is 476 g/mol. The maximum atomic E-state index is 12.4. The fraction of sp³-hybridized carbons (Fsp3) is 0.500. The third kappa shape index (κ3) is 4.29. The maximum absolute atomic E-state index is 12.4. The molecule has 0 bridgehead atoms. The molecule has 1 aromatic carbocycles. The normalized spacial score (nSPS) is 23.6. The first-order valence-corrected chi connectivity index (χ1v) is 11.9. The Morgan fingerprint density at radius 2 is 2.10 bits per heavy atom. The van der Waals surface area contributed by atoms with E-state index in [1.54, 1.807) is 4.90 Å². The van der Waals surface area contributed by atoms with Crippen molar-refractivity contribution in [2.75, 3.05) is 31.8 Å². The fourth-order valence-corrected chi connectivity index (χ4v) is 6.21. The van der Waals surface area contributed by atoms with Crippen molar-refractivity contribution in [1.29, 1.82) is 0 Å². The number of hydrogen-bond acceptors (Lipinski definition) is 7. The summed E-state index contributed by atoms with van der Waals surface area (Å²) in [6.07, 6.45) is 1.07. The number of halogens is 1. The Morgan fingerprint density at radius 1 is 1.40 bits per heavy atom. The topological polar surface area (TPSA) is 113 Å². The Balaban J connectivity index is 1.62. The van der Waals surface area contributed by atoms with Gasteiger partial charge in [-0.25, -0.2) is 17.5 Å². The van der Waals surface area contributed by atoms with Gasteiger partial charge in [-0.05, 0) is 31.5 Å². The van der Waals surface area contributed by atoms with Gasteiger partial charge in [-0.3, -0.25) is 9.59 Å². The number of nitrogens with zero attached hydrogens (tertiary/aromatic N) is 2. The zero-order valence-corrected chi connectivity index (χ0v) is 19.1. The molecule has 2 aliphatic heterocycles. The molecule has 2 atom stereocenters. The standard InChI is InChI=1S/C18H22ClN3O6S2/c1-18-7-6-16(24)22(18)13(10-29-18)17(25)28-9-15(23)20-11-4-5-12(19)14(8-11)30(26,27)21(2)3/h4-5,8,13H,6-7,9-10H2,1-3H3,(H,20,23)/t13-,18+/m0/s1. The van der Waals surface area contributed by atoms with E-state index in [0.29, 0.717) is 18.6 Å². The van der Waals surface area contributed by atoms with Crippen LogP contribution in [-0.2, 0) is 29.1 Å². The molecule has 0 aromatic heterocycles. The number of nitrogens with one attached hydrogen (secondary N) is 1. The van der Waals surface area contributed by atoms with Gasteiger partial charge < -0.3 is 15.0 Å². The molecule has 2 saturated heterocycles. The lowest BCUT2D eigenvalue weighted by atomic mass is 10.2. The second-order valence-corrected chi connectivity index (χ2v) is 11.4. The molecule has 2 heterocycles. The van der Waals surface area contributed by atoms with Crippen LogP contribution in [-0.4, -0.2) is 72.8 Å². The van der Waals surface area contributed by atoms with E-state index in [-0.39, 0.29) is 21.5 Å². The van der Waals surface area contributed by atoms with Gasteiger partial charge in [-0.2, -0.15) is 0 Å². The number of rotatable bonds is 6. The molecule has 9 nitrogen and oxygen atoms in total. The number of carbonyl (C=O) groups is 3. The lowest BCUT2D eigenvalue weighted by Crippen LogP contribution is -2.47. The summed E-state index contributed by atoms with van der Waals surface area (Å²) < 4.78 is 30.8. The minimum absolute atomic E-state index is 0.0187. The van der Waals surface area contributed by atoms with E-state index >= 15 is 0 Å². The van der Waals surface area contributed by atoms with Gasteiger partial charge in [0.15, 0.2) is 6.61 Å². The van der Waals surface area contributed by atoms with E-state index in [2.05, 4.69) is 5.32 Å². The molecule has 2 amide bonds. The summed E-state index contributed by atoms with van der Waals surface area (Å²) >= 11 is 7.51. The number of carbonyl (C=O) groups excluding carboxylic acids is 3. The molecule has 2 aliphatic rings. The predicted molar refractivity (Wildman–Crippen MR) is 113 cm³/mol. The third-order valence-electron chi connectivity index (χ3n) is 5.04. The van der Waals surface area contributed by atoms with Crippen molar-refractivity contribution in [2.24, 2.45) is 0 Å². The number of benzene rings is 1. The SMILES string of the molecule is CN(C)S(=O)(=O)c1cc(NC(=O)COC(=O)[C@@H]2CS[C@]3(C)CCC(=O)N23)ccc1Cl. The molecule has 2 fully saturated rings. The van der Waals surface area contributed by atoms with Crippen molar-refractivity contribution >= 4 is 56.9 Å². The summed E-state index contributed by atoms with van der Waals surface area (Å²) in [5.74, 6) is -0.945. The van der Waals surface area contributed by atoms with E-state index in [1.165, 1.54) is 44.1 Å². The third-order valence-corrected chi connectivity index (χ3v) is 8.84. The minimum Gasteiger partial charge on any atom is -0.454 e. The zero-order valence-electron chi connectivity index (χ0n) is 16.7. The molecule has 30 heavy (non-hydrogen) atoms. The van der Waals surface area contributed by atoms with Crippen molar-refractivity contribution < 1.29 is 27.5 Å². The largest absolute Gasteiger partial charge is 0.454 e. The second kappa shape index (κ2) is 8.37. The van der Waals surface area contributed by atoms with Crippen LogP contribution in [0.4, 0.5) is 5.69 Å². The van der Waals surface area contributed by atoms with Crippen LogP contribution in [0.3, 0.4) is 0 Å². The van der Waals surface area contributed by atoms with E-state index < -0.39 is 39.4 Å². The highest BCUT2D eigenvalue weighted by Gasteiger charge is 2.53. The molecular formula is C18H22ClN3O6S2. The zero-order chi connectivity index (χ0) is 22.3. The highest BCUT2D eigenvalue weighted by molar-refractivity contribution is 8.01. The van der Waals surface area contributed by atoms with Crippen LogP contribution in [0.5, 0.6) is 0 Å². The van der Waals surface area contributed by atoms with Gasteiger partial charge in [0, 0.05) is 32.0 Å².